The number of amides is 1. The molecule has 8 nitrogen and oxygen atoms in total. The van der Waals surface area contributed by atoms with E-state index in [9.17, 15) is 13.2 Å². The molecular weight excluding hydrogens is 344 g/mol. The zero-order valence-electron chi connectivity index (χ0n) is 14.3. The van der Waals surface area contributed by atoms with Gasteiger partial charge >= 0.3 is 0 Å². The molecule has 1 amide bonds. The molecule has 1 unspecified atom stereocenters. The summed E-state index contributed by atoms with van der Waals surface area (Å²) in [5.74, 6) is 0.287. The lowest BCUT2D eigenvalue weighted by atomic mass is 10.2. The second-order valence-corrected chi connectivity index (χ2v) is 7.69. The lowest BCUT2D eigenvalue weighted by molar-refractivity contribution is -0.123. The fourth-order valence-electron chi connectivity index (χ4n) is 2.94. The van der Waals surface area contributed by atoms with Crippen LogP contribution in [-0.2, 0) is 21.9 Å². The maximum Gasteiger partial charge on any atom is 0.246 e. The maximum absolute atomic E-state index is 12.8. The van der Waals surface area contributed by atoms with Crippen molar-refractivity contribution in [3.05, 3.63) is 36.7 Å². The van der Waals surface area contributed by atoms with Gasteiger partial charge in [-0.3, -0.25) is 9.48 Å². The van der Waals surface area contributed by atoms with Crippen molar-refractivity contribution in [2.75, 3.05) is 25.1 Å². The van der Waals surface area contributed by atoms with E-state index < -0.39 is 16.1 Å². The molecule has 2 heterocycles. The number of rotatable bonds is 4. The second kappa shape index (κ2) is 6.49. The molecule has 1 aliphatic rings. The van der Waals surface area contributed by atoms with Crippen LogP contribution < -0.4 is 9.64 Å². The highest BCUT2D eigenvalue weighted by molar-refractivity contribution is 7.89. The average Bonchev–Trinajstić information content (AvgIpc) is 3.04. The fourth-order valence-corrected chi connectivity index (χ4v) is 4.50. The summed E-state index contributed by atoms with van der Waals surface area (Å²) in [5, 5.41) is 3.91. The van der Waals surface area contributed by atoms with Crippen molar-refractivity contribution in [1.29, 1.82) is 0 Å². The summed E-state index contributed by atoms with van der Waals surface area (Å²) in [6.07, 6.45) is 2.72. The summed E-state index contributed by atoms with van der Waals surface area (Å²) < 4.78 is 33.6. The van der Waals surface area contributed by atoms with E-state index >= 15 is 0 Å². The molecule has 1 saturated heterocycles. The summed E-state index contributed by atoms with van der Waals surface area (Å²) in [6, 6.07) is 6.37. The number of anilines is 1. The number of aromatic nitrogens is 2. The van der Waals surface area contributed by atoms with E-state index in [0.29, 0.717) is 11.4 Å². The molecule has 25 heavy (non-hydrogen) atoms. The number of aryl methyl sites for hydroxylation is 1. The van der Waals surface area contributed by atoms with Crippen LogP contribution in [-0.4, -0.2) is 54.7 Å². The predicted molar refractivity (Wildman–Crippen MR) is 91.9 cm³/mol. The Morgan fingerprint density at radius 1 is 1.24 bits per heavy atom. The van der Waals surface area contributed by atoms with Gasteiger partial charge in [-0.05, 0) is 19.1 Å². The Kier molecular flexibility index (Phi) is 4.53. The van der Waals surface area contributed by atoms with Crippen LogP contribution in [0.5, 0.6) is 5.75 Å². The average molecular weight is 364 g/mol. The zero-order valence-corrected chi connectivity index (χ0v) is 15.1. The van der Waals surface area contributed by atoms with Crippen molar-refractivity contribution in [2.45, 2.75) is 17.9 Å². The van der Waals surface area contributed by atoms with Crippen LogP contribution in [0.3, 0.4) is 0 Å². The Hall–Kier alpha value is -2.39. The van der Waals surface area contributed by atoms with Gasteiger partial charge in [0.15, 0.2) is 0 Å². The third-order valence-corrected chi connectivity index (χ3v) is 6.19. The molecule has 2 aromatic rings. The number of hydrogen-bond acceptors (Lipinski definition) is 5. The van der Waals surface area contributed by atoms with Gasteiger partial charge < -0.3 is 9.64 Å². The Bertz CT molecular complexity index is 893. The van der Waals surface area contributed by atoms with Crippen LogP contribution in [0.2, 0.25) is 0 Å². The van der Waals surface area contributed by atoms with E-state index in [2.05, 4.69) is 5.10 Å². The first kappa shape index (κ1) is 17.4. The first-order valence-corrected chi connectivity index (χ1v) is 9.25. The van der Waals surface area contributed by atoms with Crippen LogP contribution in [0.25, 0.3) is 0 Å². The van der Waals surface area contributed by atoms with Gasteiger partial charge in [0.1, 0.15) is 16.7 Å². The lowest BCUT2D eigenvalue weighted by Crippen LogP contribution is -2.57. The Morgan fingerprint density at radius 3 is 2.60 bits per heavy atom. The highest BCUT2D eigenvalue weighted by Crippen LogP contribution is 2.31. The van der Waals surface area contributed by atoms with Crippen LogP contribution in [0.4, 0.5) is 5.69 Å². The molecule has 0 N–H and O–H groups in total. The van der Waals surface area contributed by atoms with E-state index in [0.717, 1.165) is 0 Å². The highest BCUT2D eigenvalue weighted by Gasteiger charge is 2.40. The minimum Gasteiger partial charge on any atom is -0.495 e. The van der Waals surface area contributed by atoms with Crippen LogP contribution in [0.15, 0.2) is 41.6 Å². The van der Waals surface area contributed by atoms with Gasteiger partial charge in [0.2, 0.25) is 15.9 Å². The van der Waals surface area contributed by atoms with Gasteiger partial charge in [-0.1, -0.05) is 12.1 Å². The molecule has 1 aliphatic heterocycles. The van der Waals surface area contributed by atoms with Crippen molar-refractivity contribution in [3.8, 4) is 5.75 Å². The van der Waals surface area contributed by atoms with E-state index in [1.807, 2.05) is 12.1 Å². The van der Waals surface area contributed by atoms with Crippen molar-refractivity contribution in [1.82, 2.24) is 14.1 Å². The Labute approximate surface area is 146 Å². The Morgan fingerprint density at radius 2 is 1.96 bits per heavy atom. The van der Waals surface area contributed by atoms with Gasteiger partial charge in [-0.15, -0.1) is 0 Å². The van der Waals surface area contributed by atoms with Gasteiger partial charge in [0, 0.05) is 26.3 Å². The lowest BCUT2D eigenvalue weighted by Gasteiger charge is -2.38. The van der Waals surface area contributed by atoms with Crippen LogP contribution >= 0.6 is 0 Å². The summed E-state index contributed by atoms with van der Waals surface area (Å²) in [7, 11) is -0.590. The molecule has 0 bridgehead atoms. The van der Waals surface area contributed by atoms with E-state index in [4.69, 9.17) is 4.74 Å². The van der Waals surface area contributed by atoms with E-state index in [1.54, 1.807) is 31.0 Å². The Balaban J connectivity index is 1.89. The molecule has 1 aromatic carbocycles. The molecule has 1 atom stereocenters. The minimum absolute atomic E-state index is 0.0837. The summed E-state index contributed by atoms with van der Waals surface area (Å²) in [4.78, 5) is 14.5. The molecular formula is C16H20N4O4S. The number of carbonyl (C=O) groups is 1. The number of piperazine rings is 1. The first-order chi connectivity index (χ1) is 11.9. The normalized spacial score (nSPS) is 19.2. The largest absolute Gasteiger partial charge is 0.495 e. The van der Waals surface area contributed by atoms with Crippen molar-refractivity contribution in [3.63, 3.8) is 0 Å². The van der Waals surface area contributed by atoms with E-state index in [-0.39, 0.29) is 23.9 Å². The molecule has 1 aromatic heterocycles. The van der Waals surface area contributed by atoms with Gasteiger partial charge in [-0.2, -0.15) is 9.40 Å². The quantitative estimate of drug-likeness (QED) is 0.803. The van der Waals surface area contributed by atoms with Crippen molar-refractivity contribution >= 4 is 21.6 Å². The molecule has 3 rings (SSSR count). The van der Waals surface area contributed by atoms with E-state index in [1.165, 1.54) is 28.5 Å². The maximum atomic E-state index is 12.8. The van der Waals surface area contributed by atoms with Crippen molar-refractivity contribution in [2.24, 2.45) is 7.05 Å². The molecule has 0 spiro atoms. The predicted octanol–water partition coefficient (Wildman–Crippen LogP) is 0.855. The topological polar surface area (TPSA) is 84.7 Å². The summed E-state index contributed by atoms with van der Waals surface area (Å²) in [5.41, 5.74) is 0.639. The number of sulfonamides is 1. The third kappa shape index (κ3) is 3.00. The number of hydrogen-bond donors (Lipinski definition) is 0. The minimum atomic E-state index is -3.77. The molecule has 0 saturated carbocycles. The highest BCUT2D eigenvalue weighted by atomic mass is 32.2. The molecule has 9 heteroatoms. The van der Waals surface area contributed by atoms with Gasteiger partial charge in [-0.25, -0.2) is 8.42 Å². The summed E-state index contributed by atoms with van der Waals surface area (Å²) in [6.45, 7) is 2.04. The number of methoxy groups -OCH3 is 1. The van der Waals surface area contributed by atoms with Gasteiger partial charge in [0.05, 0.1) is 19.0 Å². The van der Waals surface area contributed by atoms with Crippen LogP contribution in [0, 0.1) is 0 Å². The molecule has 0 radical (unpaired) electrons. The third-order valence-electron chi connectivity index (χ3n) is 4.26. The monoisotopic (exact) mass is 364 g/mol. The second-order valence-electron chi connectivity index (χ2n) is 5.80. The molecule has 0 aliphatic carbocycles. The number of nitrogens with zero attached hydrogens (tertiary/aromatic N) is 4. The smallest absolute Gasteiger partial charge is 0.246 e. The fraction of sp³-hybridized carbons (Fsp3) is 0.375. The molecule has 1 fully saturated rings. The first-order valence-electron chi connectivity index (χ1n) is 7.81. The van der Waals surface area contributed by atoms with Crippen LogP contribution in [0.1, 0.15) is 6.92 Å². The summed E-state index contributed by atoms with van der Waals surface area (Å²) >= 11 is 0. The zero-order chi connectivity index (χ0) is 18.2. The number of benzene rings is 1. The van der Waals surface area contributed by atoms with Gasteiger partial charge in [0.25, 0.3) is 0 Å². The number of ether oxygens (including phenoxy) is 1. The standard InChI is InChI=1S/C16H20N4O4S/c1-12-16(21)19(14-6-4-5-7-15(14)24-3)8-9-20(12)25(22,23)13-10-17-18(2)11-13/h4-7,10-12H,8-9H2,1-3H3. The number of carbonyl (C=O) groups excluding carboxylic acids is 1. The molecule has 134 valence electrons. The number of para-hydroxylation sites is 2. The SMILES string of the molecule is COc1ccccc1N1CCN(S(=O)(=O)c2cnn(C)c2)C(C)C1=O. The van der Waals surface area contributed by atoms with Crippen molar-refractivity contribution < 1.29 is 17.9 Å².